The van der Waals surface area contributed by atoms with Gasteiger partial charge >= 0.3 is 0 Å². The van der Waals surface area contributed by atoms with Gasteiger partial charge in [0.05, 0.1) is 6.54 Å². The van der Waals surface area contributed by atoms with E-state index in [0.29, 0.717) is 5.71 Å². The molecule has 0 spiro atoms. The van der Waals surface area contributed by atoms with E-state index in [1.807, 2.05) is 6.92 Å². The molecule has 0 atom stereocenters. The van der Waals surface area contributed by atoms with Gasteiger partial charge in [-0.2, -0.15) is 0 Å². The molecule has 0 unspecified atom stereocenters. The van der Waals surface area contributed by atoms with Crippen LogP contribution in [0.2, 0.25) is 0 Å². The number of nitrogens with zero attached hydrogens (tertiary/aromatic N) is 2. The summed E-state index contributed by atoms with van der Waals surface area (Å²) in [5.74, 6) is 0.971. The Kier molecular flexibility index (Phi) is 3.83. The first kappa shape index (κ1) is 15.9. The molecule has 0 fully saturated rings. The number of aliphatic imine (C=N–C) groups is 1. The zero-order valence-corrected chi connectivity index (χ0v) is 15.1. The van der Waals surface area contributed by atoms with Crippen molar-refractivity contribution in [3.63, 3.8) is 0 Å². The second kappa shape index (κ2) is 6.03. The minimum absolute atomic E-state index is 0.651. The zero-order chi connectivity index (χ0) is 17.6. The normalized spacial score (nSPS) is 15.8. The number of anilines is 1. The lowest BCUT2D eigenvalue weighted by atomic mass is 9.92. The van der Waals surface area contributed by atoms with E-state index in [2.05, 4.69) is 54.4 Å². The highest BCUT2D eigenvalue weighted by atomic mass is 15.3. The van der Waals surface area contributed by atoms with Crippen molar-refractivity contribution in [1.82, 2.24) is 4.90 Å². The van der Waals surface area contributed by atoms with E-state index in [1.54, 1.807) is 0 Å². The van der Waals surface area contributed by atoms with Crippen LogP contribution < -0.4 is 5.32 Å². The molecular weight excluding hydrogens is 308 g/mol. The van der Waals surface area contributed by atoms with Crippen molar-refractivity contribution in [3.05, 3.63) is 63.7 Å². The smallest absolute Gasteiger partial charge is 0.199 e. The maximum atomic E-state index is 7.99. The van der Waals surface area contributed by atoms with E-state index < -0.39 is 0 Å². The Balaban J connectivity index is 1.59. The first-order valence-corrected chi connectivity index (χ1v) is 8.86. The SMILES string of the molecule is CC(=N)c1cccc2c1CCN(C1=NCc3cc(C)c(C)cc3N1)C2. The molecule has 2 N–H and O–H groups in total. The van der Waals surface area contributed by atoms with Crippen LogP contribution in [0.25, 0.3) is 0 Å². The predicted molar refractivity (Wildman–Crippen MR) is 104 cm³/mol. The summed E-state index contributed by atoms with van der Waals surface area (Å²) in [5.41, 5.74) is 9.46. The highest BCUT2D eigenvalue weighted by molar-refractivity contribution is 5.99. The molecule has 2 heterocycles. The van der Waals surface area contributed by atoms with Crippen molar-refractivity contribution in [1.29, 1.82) is 5.41 Å². The summed E-state index contributed by atoms with van der Waals surface area (Å²) in [7, 11) is 0. The van der Waals surface area contributed by atoms with Crippen LogP contribution in [0.3, 0.4) is 0 Å². The van der Waals surface area contributed by atoms with Crippen molar-refractivity contribution in [2.24, 2.45) is 4.99 Å². The molecule has 2 aliphatic rings. The lowest BCUT2D eigenvalue weighted by Crippen LogP contribution is -2.41. The number of fused-ring (bicyclic) bond motifs is 2. The standard InChI is InChI=1S/C21H24N4/c1-13-9-17-11-23-21(24-20(17)10-14(13)2)25-8-7-19-16(12-25)5-4-6-18(19)15(3)22/h4-6,9-10,22H,7-8,11-12H2,1-3H3,(H,23,24). The van der Waals surface area contributed by atoms with Gasteiger partial charge in [-0.25, -0.2) is 4.99 Å². The van der Waals surface area contributed by atoms with E-state index in [1.165, 1.54) is 33.5 Å². The van der Waals surface area contributed by atoms with Gasteiger partial charge in [0.15, 0.2) is 5.96 Å². The Hall–Kier alpha value is -2.62. The number of rotatable bonds is 1. The summed E-state index contributed by atoms with van der Waals surface area (Å²) in [6.07, 6.45) is 0.961. The molecule has 2 aliphatic heterocycles. The third-order valence-corrected chi connectivity index (χ3v) is 5.33. The van der Waals surface area contributed by atoms with E-state index in [0.717, 1.165) is 37.6 Å². The molecule has 0 aliphatic carbocycles. The highest BCUT2D eigenvalue weighted by Crippen LogP contribution is 2.28. The lowest BCUT2D eigenvalue weighted by Gasteiger charge is -2.34. The molecule has 0 saturated heterocycles. The van der Waals surface area contributed by atoms with Gasteiger partial charge in [-0.3, -0.25) is 0 Å². The van der Waals surface area contributed by atoms with Crippen molar-refractivity contribution >= 4 is 17.4 Å². The highest BCUT2D eigenvalue weighted by Gasteiger charge is 2.24. The first-order valence-electron chi connectivity index (χ1n) is 8.86. The third kappa shape index (κ3) is 2.82. The summed E-state index contributed by atoms with van der Waals surface area (Å²) >= 11 is 0. The fourth-order valence-electron chi connectivity index (χ4n) is 3.76. The van der Waals surface area contributed by atoms with Crippen LogP contribution in [0.1, 0.15) is 40.3 Å². The number of guanidine groups is 1. The minimum atomic E-state index is 0.651. The zero-order valence-electron chi connectivity index (χ0n) is 15.1. The Bertz CT molecular complexity index is 895. The van der Waals surface area contributed by atoms with Crippen LogP contribution in [0.15, 0.2) is 35.3 Å². The van der Waals surface area contributed by atoms with Gasteiger partial charge < -0.3 is 15.6 Å². The molecule has 0 aromatic heterocycles. The monoisotopic (exact) mass is 332 g/mol. The number of hydrogen-bond donors (Lipinski definition) is 2. The number of nitrogens with one attached hydrogen (secondary N) is 2. The van der Waals surface area contributed by atoms with Crippen LogP contribution in [0.4, 0.5) is 5.69 Å². The molecule has 0 bridgehead atoms. The quantitative estimate of drug-likeness (QED) is 0.775. The molecule has 4 rings (SSSR count). The van der Waals surface area contributed by atoms with Crippen molar-refractivity contribution in [2.75, 3.05) is 11.9 Å². The molecular formula is C21H24N4. The first-order chi connectivity index (χ1) is 12.0. The Morgan fingerprint density at radius 1 is 1.16 bits per heavy atom. The van der Waals surface area contributed by atoms with Crippen molar-refractivity contribution < 1.29 is 0 Å². The van der Waals surface area contributed by atoms with Crippen LogP contribution in [-0.4, -0.2) is 23.1 Å². The average molecular weight is 332 g/mol. The summed E-state index contributed by atoms with van der Waals surface area (Å²) < 4.78 is 0. The van der Waals surface area contributed by atoms with E-state index in [4.69, 9.17) is 10.4 Å². The molecule has 0 saturated carbocycles. The van der Waals surface area contributed by atoms with Gasteiger partial charge in [-0.1, -0.05) is 24.3 Å². The topological polar surface area (TPSA) is 51.5 Å². The maximum Gasteiger partial charge on any atom is 0.199 e. The molecule has 0 radical (unpaired) electrons. The molecule has 128 valence electrons. The van der Waals surface area contributed by atoms with Crippen LogP contribution in [-0.2, 0) is 19.5 Å². The summed E-state index contributed by atoms with van der Waals surface area (Å²) in [6, 6.07) is 10.8. The van der Waals surface area contributed by atoms with Crippen LogP contribution in [0, 0.1) is 19.3 Å². The van der Waals surface area contributed by atoms with Crippen LogP contribution >= 0.6 is 0 Å². The molecule has 4 heteroatoms. The summed E-state index contributed by atoms with van der Waals surface area (Å²) in [4.78, 5) is 7.11. The van der Waals surface area contributed by atoms with Gasteiger partial charge in [0, 0.05) is 24.5 Å². The second-order valence-corrected chi connectivity index (χ2v) is 7.10. The Morgan fingerprint density at radius 3 is 2.76 bits per heavy atom. The predicted octanol–water partition coefficient (Wildman–Crippen LogP) is 4.03. The van der Waals surface area contributed by atoms with Gasteiger partial charge in [0.25, 0.3) is 0 Å². The molecule has 25 heavy (non-hydrogen) atoms. The summed E-state index contributed by atoms with van der Waals surface area (Å²) in [6.45, 7) is 8.70. The maximum absolute atomic E-state index is 7.99. The number of aryl methyl sites for hydroxylation is 2. The molecule has 2 aromatic carbocycles. The average Bonchev–Trinajstić information content (AvgIpc) is 2.61. The van der Waals surface area contributed by atoms with Gasteiger partial charge in [-0.15, -0.1) is 0 Å². The molecule has 0 amide bonds. The fraction of sp³-hybridized carbons (Fsp3) is 0.333. The molecule has 2 aromatic rings. The van der Waals surface area contributed by atoms with Gasteiger partial charge in [-0.05, 0) is 66.6 Å². The minimum Gasteiger partial charge on any atom is -0.338 e. The van der Waals surface area contributed by atoms with E-state index in [-0.39, 0.29) is 0 Å². The largest absolute Gasteiger partial charge is 0.338 e. The Labute approximate surface area is 149 Å². The second-order valence-electron chi connectivity index (χ2n) is 7.10. The fourth-order valence-corrected chi connectivity index (χ4v) is 3.76. The lowest BCUT2D eigenvalue weighted by molar-refractivity contribution is 0.390. The number of benzene rings is 2. The summed E-state index contributed by atoms with van der Waals surface area (Å²) in [5, 5.41) is 11.5. The van der Waals surface area contributed by atoms with Crippen molar-refractivity contribution in [3.8, 4) is 0 Å². The third-order valence-electron chi connectivity index (χ3n) is 5.33. The Morgan fingerprint density at radius 2 is 1.96 bits per heavy atom. The van der Waals surface area contributed by atoms with E-state index >= 15 is 0 Å². The van der Waals surface area contributed by atoms with E-state index in [9.17, 15) is 0 Å². The number of hydrogen-bond acceptors (Lipinski definition) is 4. The van der Waals surface area contributed by atoms with Crippen LogP contribution in [0.5, 0.6) is 0 Å². The van der Waals surface area contributed by atoms with Crippen molar-refractivity contribution in [2.45, 2.75) is 40.3 Å². The molecule has 4 nitrogen and oxygen atoms in total. The van der Waals surface area contributed by atoms with Gasteiger partial charge in [0.2, 0.25) is 0 Å². The van der Waals surface area contributed by atoms with Gasteiger partial charge in [0.1, 0.15) is 0 Å².